The lowest BCUT2D eigenvalue weighted by Crippen LogP contribution is -2.28. The molecule has 2 fully saturated rings. The molecule has 0 N–H and O–H groups in total. The van der Waals surface area contributed by atoms with E-state index in [0.29, 0.717) is 5.56 Å². The van der Waals surface area contributed by atoms with Crippen molar-refractivity contribution in [2.75, 3.05) is 0 Å². The fourth-order valence-corrected chi connectivity index (χ4v) is 4.98. The normalized spacial score (nSPS) is 24.8. The predicted octanol–water partition coefficient (Wildman–Crippen LogP) is 3.22. The van der Waals surface area contributed by atoms with Crippen molar-refractivity contribution in [3.63, 3.8) is 0 Å². The minimum absolute atomic E-state index is 0.0401. The van der Waals surface area contributed by atoms with Gasteiger partial charge in [-0.15, -0.1) is 0 Å². The maximum atomic E-state index is 12.8. The summed E-state index contributed by atoms with van der Waals surface area (Å²) in [6, 6.07) is 9.92. The number of allylic oxidation sites excluding steroid dienone is 2. The standard InChI is InChI=1S/C23H18N4O7/c28-22-19-14-7-8-15(10-14)20(19)23(29)25(22)24-11-16-4-2-6-18(27(32)33)21(16)34-12-13-3-1-5-17(9-13)26(30)31/h1-9,11,14-15,19-20H,10,12H2. The predicted molar refractivity (Wildman–Crippen MR) is 118 cm³/mol. The van der Waals surface area contributed by atoms with Gasteiger partial charge in [0.25, 0.3) is 17.5 Å². The van der Waals surface area contributed by atoms with Crippen molar-refractivity contribution in [3.8, 4) is 5.75 Å². The average Bonchev–Trinajstić information content (AvgIpc) is 3.50. The lowest BCUT2D eigenvalue weighted by atomic mass is 9.85. The van der Waals surface area contributed by atoms with Crippen molar-refractivity contribution in [3.05, 3.63) is 86.0 Å². The molecule has 11 nitrogen and oxygen atoms in total. The third kappa shape index (κ3) is 3.51. The number of rotatable bonds is 7. The van der Waals surface area contributed by atoms with Gasteiger partial charge < -0.3 is 4.74 Å². The number of carbonyl (C=O) groups excluding carboxylic acids is 2. The zero-order chi connectivity index (χ0) is 24.0. The van der Waals surface area contributed by atoms with E-state index in [2.05, 4.69) is 5.10 Å². The highest BCUT2D eigenvalue weighted by Gasteiger charge is 2.59. The molecule has 1 saturated carbocycles. The van der Waals surface area contributed by atoms with E-state index in [9.17, 15) is 29.8 Å². The fourth-order valence-electron chi connectivity index (χ4n) is 4.98. The number of amides is 2. The van der Waals surface area contributed by atoms with Gasteiger partial charge >= 0.3 is 5.69 Å². The number of fused-ring (bicyclic) bond motifs is 5. The van der Waals surface area contributed by atoms with Gasteiger partial charge in [-0.1, -0.05) is 30.4 Å². The van der Waals surface area contributed by atoms with Crippen LogP contribution in [0, 0.1) is 43.9 Å². The highest BCUT2D eigenvalue weighted by Crippen LogP contribution is 2.52. The number of nitro benzene ring substituents is 2. The summed E-state index contributed by atoms with van der Waals surface area (Å²) in [5, 5.41) is 27.5. The third-order valence-corrected chi connectivity index (χ3v) is 6.49. The monoisotopic (exact) mass is 462 g/mol. The zero-order valence-electron chi connectivity index (χ0n) is 17.6. The van der Waals surface area contributed by atoms with Crippen LogP contribution in [0.15, 0.2) is 59.7 Å². The number of hydrazone groups is 1. The summed E-state index contributed by atoms with van der Waals surface area (Å²) in [5.41, 5.74) is 0.160. The summed E-state index contributed by atoms with van der Waals surface area (Å²) < 4.78 is 5.68. The Morgan fingerprint density at radius 2 is 1.68 bits per heavy atom. The Labute approximate surface area is 192 Å². The molecule has 0 aromatic heterocycles. The van der Waals surface area contributed by atoms with Crippen LogP contribution in [0.2, 0.25) is 0 Å². The Morgan fingerprint density at radius 1 is 1.00 bits per heavy atom. The second-order valence-corrected chi connectivity index (χ2v) is 8.40. The van der Waals surface area contributed by atoms with Crippen LogP contribution in [0.4, 0.5) is 11.4 Å². The van der Waals surface area contributed by atoms with Crippen molar-refractivity contribution in [2.45, 2.75) is 13.0 Å². The molecule has 2 aliphatic carbocycles. The largest absolute Gasteiger partial charge is 0.481 e. The van der Waals surface area contributed by atoms with Gasteiger partial charge in [0.15, 0.2) is 0 Å². The summed E-state index contributed by atoms with van der Waals surface area (Å²) in [7, 11) is 0. The Morgan fingerprint density at radius 3 is 2.32 bits per heavy atom. The second-order valence-electron chi connectivity index (χ2n) is 8.40. The number of nitrogens with zero attached hydrogens (tertiary/aromatic N) is 4. The van der Waals surface area contributed by atoms with Crippen molar-refractivity contribution >= 4 is 29.4 Å². The van der Waals surface area contributed by atoms with E-state index < -0.39 is 21.7 Å². The summed E-state index contributed by atoms with van der Waals surface area (Å²) in [5.74, 6) is -1.59. The van der Waals surface area contributed by atoms with E-state index in [1.165, 1.54) is 42.6 Å². The molecule has 34 heavy (non-hydrogen) atoms. The number of carbonyl (C=O) groups is 2. The molecule has 2 aromatic carbocycles. The number of hydrogen-bond donors (Lipinski definition) is 0. The molecule has 2 amide bonds. The summed E-state index contributed by atoms with van der Waals surface area (Å²) >= 11 is 0. The molecule has 5 rings (SSSR count). The summed E-state index contributed by atoms with van der Waals surface area (Å²) in [6.07, 6.45) is 5.95. The molecule has 4 unspecified atom stereocenters. The van der Waals surface area contributed by atoms with Crippen LogP contribution >= 0.6 is 0 Å². The zero-order valence-corrected chi connectivity index (χ0v) is 17.6. The Balaban J connectivity index is 1.41. The molecule has 0 spiro atoms. The third-order valence-electron chi connectivity index (χ3n) is 6.49. The summed E-state index contributed by atoms with van der Waals surface area (Å²) in [6.45, 7) is -0.172. The first-order valence-corrected chi connectivity index (χ1v) is 10.6. The first-order valence-electron chi connectivity index (χ1n) is 10.6. The molecule has 1 heterocycles. The average molecular weight is 462 g/mol. The minimum Gasteiger partial charge on any atom is -0.481 e. The van der Waals surface area contributed by atoms with Crippen LogP contribution in [-0.2, 0) is 16.2 Å². The van der Waals surface area contributed by atoms with Gasteiger partial charge in [-0.25, -0.2) is 0 Å². The van der Waals surface area contributed by atoms with E-state index in [1.807, 2.05) is 12.2 Å². The highest BCUT2D eigenvalue weighted by atomic mass is 16.6. The minimum atomic E-state index is -0.625. The molecule has 0 radical (unpaired) electrons. The lowest BCUT2D eigenvalue weighted by Gasteiger charge is -2.13. The van der Waals surface area contributed by atoms with Gasteiger partial charge in [0, 0.05) is 23.8 Å². The quantitative estimate of drug-likeness (QED) is 0.202. The smallest absolute Gasteiger partial charge is 0.311 e. The lowest BCUT2D eigenvalue weighted by molar-refractivity contribution is -0.386. The molecule has 3 aliphatic rings. The molecule has 1 aliphatic heterocycles. The summed E-state index contributed by atoms with van der Waals surface area (Å²) in [4.78, 5) is 47.1. The number of imide groups is 1. The Kier molecular flexibility index (Phi) is 5.16. The van der Waals surface area contributed by atoms with Crippen LogP contribution in [0.25, 0.3) is 0 Å². The van der Waals surface area contributed by atoms with Gasteiger partial charge in [-0.3, -0.25) is 29.8 Å². The Bertz CT molecular complexity index is 1260. The van der Waals surface area contributed by atoms with Crippen molar-refractivity contribution in [2.24, 2.45) is 28.8 Å². The number of ether oxygens (including phenoxy) is 1. The van der Waals surface area contributed by atoms with Crippen molar-refractivity contribution in [1.29, 1.82) is 0 Å². The Hall–Kier alpha value is -4.41. The molecular weight excluding hydrogens is 444 g/mol. The maximum absolute atomic E-state index is 12.8. The molecular formula is C23H18N4O7. The van der Waals surface area contributed by atoms with Crippen LogP contribution < -0.4 is 4.74 Å². The SMILES string of the molecule is O=C1C2C3C=CC(C3)C2C(=O)N1N=Cc1cccc([N+](=O)[O-])c1OCc1cccc([N+](=O)[O-])c1. The molecule has 4 atom stereocenters. The van der Waals surface area contributed by atoms with Crippen LogP contribution in [0.5, 0.6) is 5.75 Å². The molecule has 2 aromatic rings. The fraction of sp³-hybridized carbons (Fsp3) is 0.261. The van der Waals surface area contributed by atoms with Gasteiger partial charge in [0.05, 0.1) is 27.9 Å². The second kappa shape index (κ2) is 8.18. The molecule has 11 heteroatoms. The van der Waals surface area contributed by atoms with E-state index in [1.54, 1.807) is 6.07 Å². The number of hydrogen-bond acceptors (Lipinski definition) is 8. The number of non-ortho nitro benzene ring substituents is 1. The number of para-hydroxylation sites is 1. The van der Waals surface area contributed by atoms with Gasteiger partial charge in [-0.2, -0.15) is 10.1 Å². The van der Waals surface area contributed by atoms with Gasteiger partial charge in [-0.05, 0) is 29.9 Å². The maximum Gasteiger partial charge on any atom is 0.311 e. The van der Waals surface area contributed by atoms with Crippen molar-refractivity contribution < 1.29 is 24.2 Å². The van der Waals surface area contributed by atoms with Crippen LogP contribution in [0.1, 0.15) is 17.5 Å². The number of benzene rings is 2. The molecule has 2 bridgehead atoms. The topological polar surface area (TPSA) is 145 Å². The highest BCUT2D eigenvalue weighted by molar-refractivity contribution is 6.07. The van der Waals surface area contributed by atoms with E-state index in [4.69, 9.17) is 4.74 Å². The van der Waals surface area contributed by atoms with Crippen LogP contribution in [-0.4, -0.2) is 32.9 Å². The first-order chi connectivity index (χ1) is 16.3. The molecule has 172 valence electrons. The van der Waals surface area contributed by atoms with Crippen LogP contribution in [0.3, 0.4) is 0 Å². The van der Waals surface area contributed by atoms with Gasteiger partial charge in [0.1, 0.15) is 6.61 Å². The van der Waals surface area contributed by atoms with E-state index in [0.717, 1.165) is 11.4 Å². The number of nitro groups is 2. The first kappa shape index (κ1) is 21.4. The van der Waals surface area contributed by atoms with Crippen molar-refractivity contribution in [1.82, 2.24) is 5.01 Å². The molecule has 1 saturated heterocycles. The van der Waals surface area contributed by atoms with E-state index in [-0.39, 0.29) is 52.9 Å². The van der Waals surface area contributed by atoms with Gasteiger partial charge in [0.2, 0.25) is 5.75 Å². The van der Waals surface area contributed by atoms with E-state index >= 15 is 0 Å².